The van der Waals surface area contributed by atoms with E-state index in [1.807, 2.05) is 12.1 Å². The van der Waals surface area contributed by atoms with Gasteiger partial charge < -0.3 is 14.7 Å². The molecular formula is C20H27N5O2. The second-order valence-corrected chi connectivity index (χ2v) is 8.65. The Kier molecular flexibility index (Phi) is 4.61. The summed E-state index contributed by atoms with van der Waals surface area (Å²) in [7, 11) is 0. The number of amides is 1. The van der Waals surface area contributed by atoms with E-state index in [9.17, 15) is 4.79 Å². The van der Waals surface area contributed by atoms with E-state index in [1.54, 1.807) is 0 Å². The number of fused-ring (bicyclic) bond motifs is 1. The highest BCUT2D eigenvalue weighted by molar-refractivity contribution is 5.93. The van der Waals surface area contributed by atoms with Gasteiger partial charge in [-0.15, -0.1) is 5.10 Å². The molecule has 0 aromatic carbocycles. The van der Waals surface area contributed by atoms with Crippen molar-refractivity contribution in [3.05, 3.63) is 34.8 Å². The summed E-state index contributed by atoms with van der Waals surface area (Å²) in [5, 5.41) is 15.7. The van der Waals surface area contributed by atoms with Gasteiger partial charge in [-0.05, 0) is 31.4 Å². The van der Waals surface area contributed by atoms with E-state index >= 15 is 0 Å². The summed E-state index contributed by atoms with van der Waals surface area (Å²) in [5.74, 6) is 2.09. The molecule has 0 radical (unpaired) electrons. The fourth-order valence-electron chi connectivity index (χ4n) is 3.66. The first-order valence-electron chi connectivity index (χ1n) is 9.76. The summed E-state index contributed by atoms with van der Waals surface area (Å²) in [6.07, 6.45) is 3.99. The van der Waals surface area contributed by atoms with Crippen molar-refractivity contribution in [2.24, 2.45) is 5.92 Å². The van der Waals surface area contributed by atoms with E-state index in [-0.39, 0.29) is 11.3 Å². The van der Waals surface area contributed by atoms with Gasteiger partial charge in [-0.25, -0.2) is 0 Å². The second-order valence-electron chi connectivity index (χ2n) is 8.65. The molecule has 1 aliphatic carbocycles. The van der Waals surface area contributed by atoms with Gasteiger partial charge in [-0.2, -0.15) is 5.10 Å². The number of rotatable bonds is 4. The maximum atomic E-state index is 12.4. The van der Waals surface area contributed by atoms with Crippen LogP contribution in [0.15, 0.2) is 16.7 Å². The molecule has 1 fully saturated rings. The van der Waals surface area contributed by atoms with Gasteiger partial charge in [0.2, 0.25) is 0 Å². The van der Waals surface area contributed by atoms with Gasteiger partial charge in [0.15, 0.2) is 11.5 Å². The van der Waals surface area contributed by atoms with E-state index in [2.05, 4.69) is 46.3 Å². The van der Waals surface area contributed by atoms with Crippen LogP contribution in [0.2, 0.25) is 0 Å². The molecule has 2 aromatic rings. The van der Waals surface area contributed by atoms with Crippen LogP contribution >= 0.6 is 0 Å². The molecule has 0 spiro atoms. The minimum atomic E-state index is -0.116. The zero-order valence-corrected chi connectivity index (χ0v) is 16.3. The van der Waals surface area contributed by atoms with Crippen LogP contribution in [-0.2, 0) is 18.3 Å². The van der Waals surface area contributed by atoms with Crippen molar-refractivity contribution in [1.29, 1.82) is 0 Å². The first-order valence-corrected chi connectivity index (χ1v) is 9.76. The lowest BCUT2D eigenvalue weighted by atomic mass is 9.92. The maximum Gasteiger partial charge on any atom is 0.273 e. The van der Waals surface area contributed by atoms with Crippen LogP contribution < -0.4 is 10.2 Å². The Morgan fingerprint density at radius 2 is 2.00 bits per heavy atom. The Labute approximate surface area is 159 Å². The molecule has 4 rings (SSSR count). The van der Waals surface area contributed by atoms with Crippen LogP contribution in [0, 0.1) is 5.92 Å². The molecule has 27 heavy (non-hydrogen) atoms. The van der Waals surface area contributed by atoms with Crippen molar-refractivity contribution in [2.45, 2.75) is 51.9 Å². The molecule has 2 aromatic heterocycles. The zero-order chi connectivity index (χ0) is 19.0. The summed E-state index contributed by atoms with van der Waals surface area (Å²) in [5.41, 5.74) is 2.48. The largest absolute Gasteiger partial charge is 0.360 e. The molecule has 0 saturated carbocycles. The lowest BCUT2D eigenvalue weighted by Crippen LogP contribution is -2.52. The maximum absolute atomic E-state index is 12.4. The predicted molar refractivity (Wildman–Crippen MR) is 102 cm³/mol. The number of nitrogens with one attached hydrogen (secondary N) is 1. The highest BCUT2D eigenvalue weighted by Gasteiger charge is 2.30. The monoisotopic (exact) mass is 369 g/mol. The first kappa shape index (κ1) is 17.9. The Morgan fingerprint density at radius 3 is 2.70 bits per heavy atom. The zero-order valence-electron chi connectivity index (χ0n) is 16.3. The molecule has 7 nitrogen and oxygen atoms in total. The lowest BCUT2D eigenvalue weighted by molar-refractivity contribution is 0.0934. The minimum absolute atomic E-state index is 0.00755. The van der Waals surface area contributed by atoms with Gasteiger partial charge in [0.25, 0.3) is 5.91 Å². The topological polar surface area (TPSA) is 84.2 Å². The number of hydrogen-bond acceptors (Lipinski definition) is 6. The van der Waals surface area contributed by atoms with Crippen LogP contribution in [-0.4, -0.2) is 40.9 Å². The van der Waals surface area contributed by atoms with Crippen molar-refractivity contribution in [1.82, 2.24) is 20.7 Å². The fourth-order valence-corrected chi connectivity index (χ4v) is 3.66. The highest BCUT2D eigenvalue weighted by Crippen LogP contribution is 2.26. The molecule has 144 valence electrons. The van der Waals surface area contributed by atoms with E-state index in [4.69, 9.17) is 4.52 Å². The third kappa shape index (κ3) is 3.68. The van der Waals surface area contributed by atoms with E-state index < -0.39 is 0 Å². The average molecular weight is 369 g/mol. The number of aryl methyl sites for hydroxylation is 1. The summed E-state index contributed by atoms with van der Waals surface area (Å²) in [6, 6.07) is 4.08. The van der Waals surface area contributed by atoms with Gasteiger partial charge in [0.05, 0.1) is 5.69 Å². The average Bonchev–Trinajstić information content (AvgIpc) is 3.04. The van der Waals surface area contributed by atoms with Crippen LogP contribution in [0.5, 0.6) is 0 Å². The van der Waals surface area contributed by atoms with E-state index in [0.717, 1.165) is 61.6 Å². The number of aromatic nitrogens is 3. The summed E-state index contributed by atoms with van der Waals surface area (Å²) in [6.45, 7) is 8.78. The molecule has 1 N–H and O–H groups in total. The Balaban J connectivity index is 1.27. The van der Waals surface area contributed by atoms with Gasteiger partial charge in [-0.3, -0.25) is 4.79 Å². The Hall–Kier alpha value is -2.44. The SMILES string of the molecule is CC(C)(C)c1ccc(N2CC(CNC(=O)c3noc4c3CCCC4)C2)nn1. The number of nitrogens with zero attached hydrogens (tertiary/aromatic N) is 4. The highest BCUT2D eigenvalue weighted by atomic mass is 16.5. The number of anilines is 1. The summed E-state index contributed by atoms with van der Waals surface area (Å²) >= 11 is 0. The third-order valence-electron chi connectivity index (χ3n) is 5.42. The van der Waals surface area contributed by atoms with Gasteiger partial charge in [0, 0.05) is 43.0 Å². The van der Waals surface area contributed by atoms with Crippen LogP contribution in [0.1, 0.15) is 61.1 Å². The second kappa shape index (κ2) is 6.94. The fraction of sp³-hybridized carbons (Fsp3) is 0.600. The van der Waals surface area contributed by atoms with E-state index in [1.165, 1.54) is 0 Å². The number of hydrogen-bond donors (Lipinski definition) is 1. The normalized spacial score (nSPS) is 17.4. The Bertz CT molecular complexity index is 816. The molecule has 1 saturated heterocycles. The standard InChI is InChI=1S/C20H27N5O2/c1-20(2,3)16-8-9-17(23-22-16)25-11-13(12-25)10-21-19(26)18-14-6-4-5-7-15(14)27-24-18/h8-9,13H,4-7,10-12H2,1-3H3,(H,21,26). The van der Waals surface area contributed by atoms with Crippen LogP contribution in [0.25, 0.3) is 0 Å². The molecule has 0 bridgehead atoms. The van der Waals surface area contributed by atoms with Crippen molar-refractivity contribution in [2.75, 3.05) is 24.5 Å². The van der Waals surface area contributed by atoms with E-state index in [0.29, 0.717) is 18.2 Å². The van der Waals surface area contributed by atoms with Gasteiger partial charge in [-0.1, -0.05) is 25.9 Å². The molecule has 1 amide bonds. The smallest absolute Gasteiger partial charge is 0.273 e. The Morgan fingerprint density at radius 1 is 1.22 bits per heavy atom. The predicted octanol–water partition coefficient (Wildman–Crippen LogP) is 2.51. The van der Waals surface area contributed by atoms with Crippen molar-refractivity contribution in [3.63, 3.8) is 0 Å². The quantitative estimate of drug-likeness (QED) is 0.891. The number of carbonyl (C=O) groups is 1. The van der Waals surface area contributed by atoms with Crippen molar-refractivity contribution < 1.29 is 9.32 Å². The van der Waals surface area contributed by atoms with Crippen molar-refractivity contribution >= 4 is 11.7 Å². The first-order chi connectivity index (χ1) is 12.9. The molecule has 1 aliphatic heterocycles. The molecule has 0 atom stereocenters. The van der Waals surface area contributed by atoms with Crippen LogP contribution in [0.3, 0.4) is 0 Å². The number of carbonyl (C=O) groups excluding carboxylic acids is 1. The third-order valence-corrected chi connectivity index (χ3v) is 5.42. The van der Waals surface area contributed by atoms with Crippen molar-refractivity contribution in [3.8, 4) is 0 Å². The lowest BCUT2D eigenvalue weighted by Gasteiger charge is -2.40. The molecule has 2 aliphatic rings. The van der Waals surface area contributed by atoms with Crippen LogP contribution in [0.4, 0.5) is 5.82 Å². The van der Waals surface area contributed by atoms with Gasteiger partial charge >= 0.3 is 0 Å². The summed E-state index contributed by atoms with van der Waals surface area (Å²) < 4.78 is 5.33. The van der Waals surface area contributed by atoms with Gasteiger partial charge in [0.1, 0.15) is 5.76 Å². The molecular weight excluding hydrogens is 342 g/mol. The molecule has 7 heteroatoms. The summed E-state index contributed by atoms with van der Waals surface area (Å²) in [4.78, 5) is 14.6. The minimum Gasteiger partial charge on any atom is -0.360 e. The molecule has 0 unspecified atom stereocenters. The molecule has 3 heterocycles.